The van der Waals surface area contributed by atoms with Crippen molar-refractivity contribution in [1.82, 2.24) is 83.0 Å². The number of likely N-dealkylation sites (N-methyl/N-ethyl adjacent to an activating group) is 1. The molecule has 5 aliphatic rings. The Hall–Kier alpha value is -2.81. The highest BCUT2D eigenvalue weighted by Crippen LogP contribution is 2.20. The molecule has 0 bridgehead atoms. The number of aromatic amines is 1. The molecule has 1 atom stereocenters. The molecule has 0 aromatic carbocycles. The van der Waals surface area contributed by atoms with E-state index in [1.807, 2.05) is 38.3 Å². The number of hydrogen-bond donors (Lipinski definition) is 1. The van der Waals surface area contributed by atoms with Gasteiger partial charge in [-0.05, 0) is 337 Å². The van der Waals surface area contributed by atoms with E-state index in [0.29, 0.717) is 5.41 Å². The number of piperidine rings is 3. The summed E-state index contributed by atoms with van der Waals surface area (Å²) < 4.78 is 4.13. The topological polar surface area (TPSA) is 100.0 Å². The highest BCUT2D eigenvalue weighted by molar-refractivity contribution is 4.97. The van der Waals surface area contributed by atoms with Crippen LogP contribution in [0.1, 0.15) is 422 Å². The van der Waals surface area contributed by atoms with Gasteiger partial charge in [0.2, 0.25) is 0 Å². The van der Waals surface area contributed by atoms with Gasteiger partial charge >= 0.3 is 0 Å². The minimum atomic E-state index is 0.490. The van der Waals surface area contributed by atoms with E-state index in [0.717, 1.165) is 43.2 Å². The summed E-state index contributed by atoms with van der Waals surface area (Å²) in [5.74, 6) is 2.47. The molecule has 0 amide bonds. The Morgan fingerprint density at radius 2 is 0.806 bits per heavy atom. The van der Waals surface area contributed by atoms with Crippen LogP contribution in [0, 0.1) is 23.2 Å². The van der Waals surface area contributed by atoms with Crippen molar-refractivity contribution in [3.05, 3.63) is 55.2 Å². The zero-order valence-electron chi connectivity index (χ0n) is 93.9. The molecule has 772 valence electrons. The average Bonchev–Trinajstić information content (AvgIpc) is 1.90. The molecule has 8 heterocycles. The maximum atomic E-state index is 4.00. The van der Waals surface area contributed by atoms with Gasteiger partial charge in [-0.1, -0.05) is 275 Å². The Balaban J connectivity index is -0.000000431. The molecule has 17 nitrogen and oxygen atoms in total. The quantitative estimate of drug-likeness (QED) is 0.0543. The molecular formula is C112H239N17. The van der Waals surface area contributed by atoms with Crippen molar-refractivity contribution in [2.24, 2.45) is 30.2 Å². The van der Waals surface area contributed by atoms with Crippen molar-refractivity contribution in [2.75, 3.05) is 212 Å². The first-order valence-electron chi connectivity index (χ1n) is 55.7. The summed E-state index contributed by atoms with van der Waals surface area (Å²) in [5.41, 5.74) is 3.04. The highest BCUT2D eigenvalue weighted by Gasteiger charge is 2.19. The Kier molecular flexibility index (Phi) is 106. The molecule has 17 heteroatoms. The third kappa shape index (κ3) is 96.7. The lowest BCUT2D eigenvalue weighted by Crippen LogP contribution is -2.44. The smallest absolute Gasteiger partial charge is 0.0945 e. The predicted octanol–water partition coefficient (Wildman–Crippen LogP) is 27.3. The fraction of sp³-hybridized carbons (Fsp3) is 0.920. The molecule has 5 aliphatic heterocycles. The molecule has 129 heavy (non-hydrogen) atoms. The van der Waals surface area contributed by atoms with Gasteiger partial charge in [0, 0.05) is 102 Å². The van der Waals surface area contributed by atoms with Crippen LogP contribution in [-0.2, 0) is 26.4 Å². The van der Waals surface area contributed by atoms with Gasteiger partial charge in [0.1, 0.15) is 0 Å². The molecule has 3 aromatic heterocycles. The minimum Gasteiger partial charge on any atom is -0.348 e. The van der Waals surface area contributed by atoms with Crippen molar-refractivity contribution >= 4 is 0 Å². The molecule has 1 N–H and O–H groups in total. The fourth-order valence-corrected chi connectivity index (χ4v) is 16.2. The Morgan fingerprint density at radius 1 is 0.388 bits per heavy atom. The molecule has 3 aromatic rings. The van der Waals surface area contributed by atoms with E-state index in [1.165, 1.54) is 426 Å². The van der Waals surface area contributed by atoms with Gasteiger partial charge in [-0.3, -0.25) is 0 Å². The van der Waals surface area contributed by atoms with Crippen LogP contribution in [0.5, 0.6) is 0 Å². The number of imidazole rings is 3. The van der Waals surface area contributed by atoms with Crippen LogP contribution in [0.3, 0.4) is 0 Å². The normalized spacial score (nSPS) is 15.6. The second-order valence-electron chi connectivity index (χ2n) is 40.7. The third-order valence-electron chi connectivity index (χ3n) is 24.9. The van der Waals surface area contributed by atoms with Crippen LogP contribution in [0.15, 0.2) is 43.8 Å². The molecule has 0 aliphatic carbocycles. The second kappa shape index (κ2) is 101. The molecule has 5 saturated heterocycles. The fourth-order valence-electron chi connectivity index (χ4n) is 16.2. The number of likely N-dealkylation sites (tertiary alicyclic amines) is 4. The summed E-state index contributed by atoms with van der Waals surface area (Å²) >= 11 is 0. The molecule has 0 saturated carbocycles. The maximum Gasteiger partial charge on any atom is 0.0945 e. The number of H-pyrrole nitrogens is 1. The van der Waals surface area contributed by atoms with Crippen LogP contribution in [-0.4, -0.2) is 301 Å². The first-order valence-corrected chi connectivity index (χ1v) is 55.7. The lowest BCUT2D eigenvalue weighted by molar-refractivity contribution is 0.152. The second-order valence-corrected chi connectivity index (χ2v) is 40.7. The molecule has 1 unspecified atom stereocenters. The van der Waals surface area contributed by atoms with Crippen molar-refractivity contribution in [3.63, 3.8) is 0 Å². The SMILES string of the molecule is CCC(C)(C)CN(C)C.CCCCCN(C)C.CCCCCN(CC(C)C)CC(C)C.CCCCCN(CC)CC.CCCCCN1CCCCC1.CCCCN1CCCC1.CCCCN1CCCCC1.CCCCN1CCCCC1C.CCCCN1CCN(C)CC1.CCCc1cnc[nH]1.CCCc1cncn1C.CCCn1ccnc1.CCN(CC)CCCC(C)C. The number of unbranched alkanes of at least 4 members (excludes halogenated alkanes) is 12. The van der Waals surface area contributed by atoms with Crippen LogP contribution < -0.4 is 0 Å². The van der Waals surface area contributed by atoms with E-state index < -0.39 is 0 Å². The summed E-state index contributed by atoms with van der Waals surface area (Å²) in [4.78, 5) is 42.3. The minimum absolute atomic E-state index is 0.490. The summed E-state index contributed by atoms with van der Waals surface area (Å²) in [6.07, 6.45) is 65.8. The number of aryl methyl sites for hydroxylation is 4. The lowest BCUT2D eigenvalue weighted by atomic mass is 9.90. The van der Waals surface area contributed by atoms with Gasteiger partial charge in [0.05, 0.1) is 19.0 Å². The van der Waals surface area contributed by atoms with Crippen LogP contribution in [0.4, 0.5) is 0 Å². The summed E-state index contributed by atoms with van der Waals surface area (Å²) in [5, 5.41) is 0. The van der Waals surface area contributed by atoms with Gasteiger partial charge in [0.25, 0.3) is 0 Å². The highest BCUT2D eigenvalue weighted by atomic mass is 15.2. The predicted molar refractivity (Wildman–Crippen MR) is 582 cm³/mol. The van der Waals surface area contributed by atoms with Gasteiger partial charge in [0.15, 0.2) is 0 Å². The van der Waals surface area contributed by atoms with Gasteiger partial charge in [-0.15, -0.1) is 0 Å². The van der Waals surface area contributed by atoms with E-state index >= 15 is 0 Å². The Labute approximate surface area is 811 Å². The zero-order valence-corrected chi connectivity index (χ0v) is 93.9. The maximum absolute atomic E-state index is 4.00. The van der Waals surface area contributed by atoms with Gasteiger partial charge in [-0.2, -0.15) is 0 Å². The van der Waals surface area contributed by atoms with E-state index in [9.17, 15) is 0 Å². The van der Waals surface area contributed by atoms with Gasteiger partial charge in [-0.25, -0.2) is 15.0 Å². The number of aromatic nitrogens is 6. The van der Waals surface area contributed by atoms with Crippen LogP contribution in [0.25, 0.3) is 0 Å². The van der Waals surface area contributed by atoms with Crippen molar-refractivity contribution in [1.29, 1.82) is 0 Å². The lowest BCUT2D eigenvalue weighted by Gasteiger charge is -2.33. The summed E-state index contributed by atoms with van der Waals surface area (Å²) in [6.45, 7) is 92.5. The van der Waals surface area contributed by atoms with E-state index in [4.69, 9.17) is 0 Å². The molecule has 8 rings (SSSR count). The van der Waals surface area contributed by atoms with Crippen molar-refractivity contribution in [2.45, 2.75) is 436 Å². The van der Waals surface area contributed by atoms with E-state index in [1.54, 1.807) is 12.5 Å². The monoisotopic (exact) mass is 1820 g/mol. The number of piperazine rings is 1. The average molecular weight is 1820 g/mol. The summed E-state index contributed by atoms with van der Waals surface area (Å²) in [7, 11) is 12.7. The number of rotatable bonds is 49. The number of nitrogens with one attached hydrogen (secondary N) is 1. The largest absolute Gasteiger partial charge is 0.348 e. The molecule has 0 radical (unpaired) electrons. The third-order valence-corrected chi connectivity index (χ3v) is 24.9. The first-order chi connectivity index (χ1) is 62.0. The van der Waals surface area contributed by atoms with Crippen molar-refractivity contribution in [3.8, 4) is 0 Å². The van der Waals surface area contributed by atoms with Crippen LogP contribution in [0.2, 0.25) is 0 Å². The number of hydrogen-bond acceptors (Lipinski definition) is 14. The van der Waals surface area contributed by atoms with Gasteiger partial charge < -0.3 is 68.0 Å². The molecule has 5 fully saturated rings. The zero-order chi connectivity index (χ0) is 97.6. The van der Waals surface area contributed by atoms with Crippen LogP contribution >= 0.6 is 0 Å². The first kappa shape index (κ1) is 135. The number of nitrogens with zero attached hydrogens (tertiary/aromatic N) is 16. The Morgan fingerprint density at radius 3 is 1.16 bits per heavy atom. The molecule has 0 spiro atoms. The summed E-state index contributed by atoms with van der Waals surface area (Å²) in [6, 6.07) is 0.857. The van der Waals surface area contributed by atoms with Crippen molar-refractivity contribution < 1.29 is 0 Å². The Bertz CT molecular complexity index is 2420. The molecular weight excluding hydrogens is 1580 g/mol. The standard InChI is InChI=1S/C13H29N.2C10H21N.C10H23N.C9H20N2.C9H19N.C9H21N.C8H17N.C8H19N.C7H12N2.C7H17N.2C6H10N2/c1-6-7-8-9-14(10-12(2)3)11-13(4)5;1-3-4-8-11-9-6-5-7-10(11)2;1-2-3-5-8-11-9-6-4-7-10-11;1-5-11(6-2)9-7-8-10(3)4;1-3-4-5-11-8-6-10(2)7-9-11;1-2-3-7-10-8-5-4-6-9-10;1-4-7-8-9-10(5-2)6-3;1-2-3-6-9-7-4-5-8-9;1-6-8(2,3)7-9(4)5;1-3-4-7-5-8-6-9(7)2;1-4-5-6-7-8(2)3;1-2-4-8-5-3-7-6-8;1-2-3-6-4-7-5-8-6/h12-13H,6-11H2,1-5H3;10H,3-9H2,1-2H3;2-10H2,1H3;10H,5-9H2,1-4H3;3-9H2,1-2H3;2-9H2,1H3;4-9H2,1-3H3;2-8H2,1H3;6-7H2,1-5H3;5-6H,3-4H2,1-2H3;4-7H2,1-3H3;3,5-6H,2,4H2,1H3;4-5H,2-3H2,1H3,(H,7,8). The van der Waals surface area contributed by atoms with E-state index in [2.05, 4.69) is 291 Å². The van der Waals surface area contributed by atoms with E-state index in [-0.39, 0.29) is 0 Å².